The van der Waals surface area contributed by atoms with Gasteiger partial charge in [0, 0.05) is 21.7 Å². The Bertz CT molecular complexity index is 721. The maximum atomic E-state index is 12.1. The van der Waals surface area contributed by atoms with Crippen LogP contribution in [0, 0.1) is 6.92 Å². The van der Waals surface area contributed by atoms with Crippen molar-refractivity contribution in [3.63, 3.8) is 0 Å². The third kappa shape index (κ3) is 3.93. The summed E-state index contributed by atoms with van der Waals surface area (Å²) in [6.07, 6.45) is 2.49. The number of rotatable bonds is 4. The SMILES string of the molecule is Cc1c(Cl)cccc1NC(=O)c1ccc(C=CC(=O)O)s1. The van der Waals surface area contributed by atoms with Crippen LogP contribution < -0.4 is 5.32 Å². The summed E-state index contributed by atoms with van der Waals surface area (Å²) in [7, 11) is 0. The fourth-order valence-corrected chi connectivity index (χ4v) is 2.63. The first-order chi connectivity index (χ1) is 9.97. The number of hydrogen-bond donors (Lipinski definition) is 2. The lowest BCUT2D eigenvalue weighted by molar-refractivity contribution is -0.131. The molecule has 2 rings (SSSR count). The van der Waals surface area contributed by atoms with Crippen LogP contribution in [0.15, 0.2) is 36.4 Å². The van der Waals surface area contributed by atoms with Crippen molar-refractivity contribution < 1.29 is 14.7 Å². The van der Waals surface area contributed by atoms with Crippen molar-refractivity contribution in [2.75, 3.05) is 5.32 Å². The van der Waals surface area contributed by atoms with E-state index in [0.717, 1.165) is 11.6 Å². The lowest BCUT2D eigenvalue weighted by Crippen LogP contribution is -2.11. The van der Waals surface area contributed by atoms with Gasteiger partial charge in [0.25, 0.3) is 5.91 Å². The molecular weight excluding hydrogens is 310 g/mol. The summed E-state index contributed by atoms with van der Waals surface area (Å²) >= 11 is 7.22. The van der Waals surface area contributed by atoms with Crippen molar-refractivity contribution in [1.82, 2.24) is 0 Å². The lowest BCUT2D eigenvalue weighted by atomic mass is 10.2. The molecule has 6 heteroatoms. The molecule has 0 saturated carbocycles. The Labute approximate surface area is 130 Å². The van der Waals surface area contributed by atoms with Gasteiger partial charge in [0.15, 0.2) is 0 Å². The quantitative estimate of drug-likeness (QED) is 0.834. The van der Waals surface area contributed by atoms with E-state index in [-0.39, 0.29) is 5.91 Å². The van der Waals surface area contributed by atoms with Gasteiger partial charge in [0.1, 0.15) is 0 Å². The maximum Gasteiger partial charge on any atom is 0.328 e. The Kier molecular flexibility index (Phi) is 4.77. The molecule has 21 heavy (non-hydrogen) atoms. The lowest BCUT2D eigenvalue weighted by Gasteiger charge is -2.08. The molecule has 0 radical (unpaired) electrons. The van der Waals surface area contributed by atoms with Crippen LogP contribution in [0.25, 0.3) is 6.08 Å². The number of amides is 1. The van der Waals surface area contributed by atoms with Gasteiger partial charge in [-0.05, 0) is 42.8 Å². The number of anilines is 1. The fourth-order valence-electron chi connectivity index (χ4n) is 1.64. The fraction of sp³-hybridized carbons (Fsp3) is 0.0667. The standard InChI is InChI=1S/C15H12ClNO3S/c1-9-11(16)3-2-4-12(9)17-15(20)13-7-5-10(21-13)6-8-14(18)19/h2-8H,1H3,(H,17,20)(H,18,19). The number of nitrogens with one attached hydrogen (secondary N) is 1. The zero-order chi connectivity index (χ0) is 15.4. The smallest absolute Gasteiger partial charge is 0.328 e. The van der Waals surface area contributed by atoms with Gasteiger partial charge in [-0.25, -0.2) is 4.79 Å². The van der Waals surface area contributed by atoms with Gasteiger partial charge in [-0.2, -0.15) is 0 Å². The molecule has 1 aromatic heterocycles. The number of thiophene rings is 1. The van der Waals surface area contributed by atoms with E-state index in [0.29, 0.717) is 20.5 Å². The zero-order valence-electron chi connectivity index (χ0n) is 11.1. The number of halogens is 1. The second kappa shape index (κ2) is 6.56. The van der Waals surface area contributed by atoms with E-state index < -0.39 is 5.97 Å². The molecule has 0 aliphatic carbocycles. The summed E-state index contributed by atoms with van der Waals surface area (Å²) in [5.74, 6) is -1.27. The van der Waals surface area contributed by atoms with E-state index in [1.165, 1.54) is 17.4 Å². The number of carbonyl (C=O) groups excluding carboxylic acids is 1. The van der Waals surface area contributed by atoms with Crippen LogP contribution in [0.4, 0.5) is 5.69 Å². The van der Waals surface area contributed by atoms with E-state index in [2.05, 4.69) is 5.32 Å². The van der Waals surface area contributed by atoms with Gasteiger partial charge >= 0.3 is 5.97 Å². The van der Waals surface area contributed by atoms with Crippen LogP contribution in [0.3, 0.4) is 0 Å². The van der Waals surface area contributed by atoms with Crippen LogP contribution in [-0.4, -0.2) is 17.0 Å². The van der Waals surface area contributed by atoms with Gasteiger partial charge in [-0.1, -0.05) is 17.7 Å². The molecule has 1 heterocycles. The van der Waals surface area contributed by atoms with Crippen LogP contribution in [0.1, 0.15) is 20.1 Å². The van der Waals surface area contributed by atoms with Crippen LogP contribution >= 0.6 is 22.9 Å². The minimum absolute atomic E-state index is 0.250. The Morgan fingerprint density at radius 1 is 1.29 bits per heavy atom. The monoisotopic (exact) mass is 321 g/mol. The molecule has 0 unspecified atom stereocenters. The second-order valence-corrected chi connectivity index (χ2v) is 5.76. The molecule has 0 aliphatic heterocycles. The zero-order valence-corrected chi connectivity index (χ0v) is 12.7. The van der Waals surface area contributed by atoms with Crippen LogP contribution in [0.5, 0.6) is 0 Å². The van der Waals surface area contributed by atoms with Crippen LogP contribution in [0.2, 0.25) is 5.02 Å². The molecular formula is C15H12ClNO3S. The first kappa shape index (κ1) is 15.3. The number of carboxylic acid groups (broad SMARTS) is 1. The number of hydrogen-bond acceptors (Lipinski definition) is 3. The second-order valence-electron chi connectivity index (χ2n) is 4.24. The highest BCUT2D eigenvalue weighted by Crippen LogP contribution is 2.25. The number of benzene rings is 1. The van der Waals surface area contributed by atoms with E-state index >= 15 is 0 Å². The van der Waals surface area contributed by atoms with Crippen molar-refractivity contribution >= 4 is 46.6 Å². The van der Waals surface area contributed by atoms with Gasteiger partial charge in [-0.15, -0.1) is 11.3 Å². The van der Waals surface area contributed by atoms with Crippen molar-refractivity contribution in [2.24, 2.45) is 0 Å². The Balaban J connectivity index is 2.14. The van der Waals surface area contributed by atoms with E-state index in [9.17, 15) is 9.59 Å². The third-order valence-corrected chi connectivity index (χ3v) is 4.22. The third-order valence-electron chi connectivity index (χ3n) is 2.76. The van der Waals surface area contributed by atoms with Gasteiger partial charge in [0.05, 0.1) is 4.88 Å². The average molecular weight is 322 g/mol. The molecule has 4 nitrogen and oxygen atoms in total. The summed E-state index contributed by atoms with van der Waals surface area (Å²) in [6.45, 7) is 1.83. The predicted molar refractivity (Wildman–Crippen MR) is 85.1 cm³/mol. The molecule has 2 aromatic rings. The van der Waals surface area contributed by atoms with Crippen molar-refractivity contribution in [1.29, 1.82) is 0 Å². The van der Waals surface area contributed by atoms with E-state index in [4.69, 9.17) is 16.7 Å². The highest BCUT2D eigenvalue weighted by Gasteiger charge is 2.11. The highest BCUT2D eigenvalue weighted by molar-refractivity contribution is 7.15. The normalized spacial score (nSPS) is 10.8. The van der Waals surface area contributed by atoms with E-state index in [1.54, 1.807) is 30.3 Å². The molecule has 0 atom stereocenters. The Morgan fingerprint density at radius 3 is 2.76 bits per heavy atom. The Morgan fingerprint density at radius 2 is 2.05 bits per heavy atom. The summed E-state index contributed by atoms with van der Waals surface area (Å²) in [4.78, 5) is 23.8. The predicted octanol–water partition coefficient (Wildman–Crippen LogP) is 4.06. The largest absolute Gasteiger partial charge is 0.478 e. The number of carboxylic acids is 1. The highest BCUT2D eigenvalue weighted by atomic mass is 35.5. The average Bonchev–Trinajstić information content (AvgIpc) is 2.90. The molecule has 0 saturated heterocycles. The summed E-state index contributed by atoms with van der Waals surface area (Å²) in [5.41, 5.74) is 1.46. The van der Waals surface area contributed by atoms with Crippen molar-refractivity contribution in [3.05, 3.63) is 56.7 Å². The van der Waals surface area contributed by atoms with Gasteiger partial charge in [-0.3, -0.25) is 4.79 Å². The molecule has 0 aliphatic rings. The molecule has 0 bridgehead atoms. The summed E-state index contributed by atoms with van der Waals surface area (Å²) in [5, 5.41) is 11.9. The summed E-state index contributed by atoms with van der Waals surface area (Å²) in [6, 6.07) is 8.65. The molecule has 0 fully saturated rings. The van der Waals surface area contributed by atoms with Crippen molar-refractivity contribution in [2.45, 2.75) is 6.92 Å². The van der Waals surface area contributed by atoms with Crippen molar-refractivity contribution in [3.8, 4) is 0 Å². The number of aliphatic carboxylic acids is 1. The van der Waals surface area contributed by atoms with E-state index in [1.807, 2.05) is 6.92 Å². The molecule has 108 valence electrons. The first-order valence-electron chi connectivity index (χ1n) is 6.04. The van der Waals surface area contributed by atoms with Gasteiger partial charge < -0.3 is 10.4 Å². The van der Waals surface area contributed by atoms with Gasteiger partial charge in [0.2, 0.25) is 0 Å². The molecule has 1 aromatic carbocycles. The summed E-state index contributed by atoms with van der Waals surface area (Å²) < 4.78 is 0. The minimum Gasteiger partial charge on any atom is -0.478 e. The Hall–Kier alpha value is -2.11. The molecule has 0 spiro atoms. The molecule has 2 N–H and O–H groups in total. The molecule has 1 amide bonds. The topological polar surface area (TPSA) is 66.4 Å². The van der Waals surface area contributed by atoms with Crippen LogP contribution in [-0.2, 0) is 4.79 Å². The maximum absolute atomic E-state index is 12.1. The first-order valence-corrected chi connectivity index (χ1v) is 7.24. The minimum atomic E-state index is -1.02. The number of carbonyl (C=O) groups is 2.